The summed E-state index contributed by atoms with van der Waals surface area (Å²) in [5.74, 6) is -0.467. The summed E-state index contributed by atoms with van der Waals surface area (Å²) in [5, 5.41) is 31.7. The van der Waals surface area contributed by atoms with Gasteiger partial charge >= 0.3 is 5.97 Å². The van der Waals surface area contributed by atoms with Crippen LogP contribution in [0.2, 0.25) is 0 Å². The number of rotatable bonds is 10. The molecule has 0 bridgehead atoms. The van der Waals surface area contributed by atoms with Gasteiger partial charge in [0.2, 0.25) is 0 Å². The molecule has 0 radical (unpaired) electrons. The zero-order valence-electron chi connectivity index (χ0n) is 18.7. The zero-order valence-corrected chi connectivity index (χ0v) is 18.7. The van der Waals surface area contributed by atoms with Gasteiger partial charge in [-0.05, 0) is 65.0 Å². The zero-order chi connectivity index (χ0) is 22.5. The van der Waals surface area contributed by atoms with Crippen LogP contribution in [0.5, 0.6) is 0 Å². The van der Waals surface area contributed by atoms with Crippen LogP contribution >= 0.6 is 0 Å². The van der Waals surface area contributed by atoms with Crippen LogP contribution in [0.1, 0.15) is 60.3 Å². The van der Waals surface area contributed by atoms with Gasteiger partial charge in [0.05, 0.1) is 0 Å². The summed E-state index contributed by atoms with van der Waals surface area (Å²) >= 11 is 0. The van der Waals surface area contributed by atoms with Crippen LogP contribution in [0, 0.1) is 0 Å². The third kappa shape index (κ3) is 6.14. The highest BCUT2D eigenvalue weighted by Gasteiger charge is 2.69. The fourth-order valence-electron chi connectivity index (χ4n) is 3.81. The van der Waals surface area contributed by atoms with Gasteiger partial charge in [-0.1, -0.05) is 34.9 Å². The van der Waals surface area contributed by atoms with Crippen molar-refractivity contribution in [2.24, 2.45) is 0 Å². The van der Waals surface area contributed by atoms with Gasteiger partial charge in [0, 0.05) is 6.92 Å². The second-order valence-electron chi connectivity index (χ2n) is 8.67. The second kappa shape index (κ2) is 10.5. The average molecular weight is 421 g/mol. The number of epoxide rings is 1. The summed E-state index contributed by atoms with van der Waals surface area (Å²) in [7, 11) is 0. The molecule has 1 aliphatic carbocycles. The molecule has 3 N–H and O–H groups in total. The van der Waals surface area contributed by atoms with Crippen LogP contribution in [-0.4, -0.2) is 57.9 Å². The Morgan fingerprint density at radius 3 is 2.40 bits per heavy atom. The number of aliphatic hydroxyl groups is 3. The minimum atomic E-state index is -1.24. The van der Waals surface area contributed by atoms with Crippen LogP contribution in [-0.2, 0) is 14.3 Å². The van der Waals surface area contributed by atoms with E-state index >= 15 is 0 Å². The van der Waals surface area contributed by atoms with Crippen LogP contribution in [0.15, 0.2) is 46.6 Å². The minimum absolute atomic E-state index is 0.103. The number of aliphatic hydroxyl groups excluding tert-OH is 3. The van der Waals surface area contributed by atoms with Gasteiger partial charge in [-0.25, -0.2) is 0 Å². The van der Waals surface area contributed by atoms with Gasteiger partial charge in [-0.3, -0.25) is 4.79 Å². The number of allylic oxidation sites excluding steroid dienone is 5. The molecular weight excluding hydrogens is 384 g/mol. The Kier molecular flexibility index (Phi) is 8.62. The van der Waals surface area contributed by atoms with E-state index in [2.05, 4.69) is 32.9 Å². The molecular formula is C24H36O6. The quantitative estimate of drug-likeness (QED) is 0.285. The van der Waals surface area contributed by atoms with E-state index in [1.165, 1.54) is 24.1 Å². The summed E-state index contributed by atoms with van der Waals surface area (Å²) in [6.45, 7) is 9.45. The third-order valence-corrected chi connectivity index (χ3v) is 5.69. The predicted molar refractivity (Wildman–Crippen MR) is 116 cm³/mol. The molecule has 1 heterocycles. The minimum Gasteiger partial charge on any atom is -0.461 e. The first kappa shape index (κ1) is 24.5. The van der Waals surface area contributed by atoms with E-state index in [0.29, 0.717) is 5.57 Å². The molecule has 168 valence electrons. The molecule has 6 heteroatoms. The van der Waals surface area contributed by atoms with Crippen LogP contribution in [0.4, 0.5) is 0 Å². The van der Waals surface area contributed by atoms with Crippen molar-refractivity contribution in [1.29, 1.82) is 0 Å². The Labute approximate surface area is 179 Å². The molecule has 0 saturated carbocycles. The van der Waals surface area contributed by atoms with Crippen molar-refractivity contribution >= 4 is 5.97 Å². The van der Waals surface area contributed by atoms with Gasteiger partial charge in [0.25, 0.3) is 0 Å². The first-order chi connectivity index (χ1) is 14.1. The standard InChI is InChI=1S/C24H36O6/c1-15(2)8-6-9-16(3)10-7-11-17(4)12-20(26)24-21(27)13-19(14-29-18(5)25)22(28)23(24)30-24/h8,10,12-13,20-23,26-28H,6-7,9,11,14H2,1-5H3/b16-10+,17-12+/t20-,21-,22-,23-,24+/m0/s1. The van der Waals surface area contributed by atoms with Gasteiger partial charge in [-0.15, -0.1) is 0 Å². The van der Waals surface area contributed by atoms with Crippen molar-refractivity contribution in [3.05, 3.63) is 46.6 Å². The Bertz CT molecular complexity index is 743. The van der Waals surface area contributed by atoms with Gasteiger partial charge in [0.15, 0.2) is 5.60 Å². The largest absolute Gasteiger partial charge is 0.461 e. The molecule has 2 rings (SSSR count). The Morgan fingerprint density at radius 2 is 1.77 bits per heavy atom. The molecule has 1 aliphatic heterocycles. The highest BCUT2D eigenvalue weighted by molar-refractivity contribution is 5.66. The molecule has 2 aliphatic rings. The molecule has 0 aromatic rings. The highest BCUT2D eigenvalue weighted by Crippen LogP contribution is 2.50. The monoisotopic (exact) mass is 420 g/mol. The topological polar surface area (TPSA) is 99.5 Å². The lowest BCUT2D eigenvalue weighted by atomic mass is 9.81. The van der Waals surface area contributed by atoms with Crippen molar-refractivity contribution in [2.45, 2.75) is 90.3 Å². The van der Waals surface area contributed by atoms with Crippen molar-refractivity contribution < 1.29 is 29.6 Å². The fourth-order valence-corrected chi connectivity index (χ4v) is 3.81. The van der Waals surface area contributed by atoms with Crippen LogP contribution < -0.4 is 0 Å². The first-order valence-corrected chi connectivity index (χ1v) is 10.6. The molecule has 0 amide bonds. The molecule has 30 heavy (non-hydrogen) atoms. The Morgan fingerprint density at radius 1 is 1.13 bits per heavy atom. The SMILES string of the molecule is CC(=O)OCC1=C[C@H](O)[C@@]2([C@@H](O)/C=C(\C)CC/C=C(\C)CCC=C(C)C)O[C@H]2[C@H]1O. The first-order valence-electron chi connectivity index (χ1n) is 10.6. The molecule has 1 fully saturated rings. The fraction of sp³-hybridized carbons (Fsp3) is 0.625. The summed E-state index contributed by atoms with van der Waals surface area (Å²) < 4.78 is 10.5. The molecule has 0 aromatic heterocycles. The van der Waals surface area contributed by atoms with Crippen molar-refractivity contribution in [3.63, 3.8) is 0 Å². The normalized spacial score (nSPS) is 29.6. The number of carbonyl (C=O) groups excluding carboxylic acids is 1. The maximum Gasteiger partial charge on any atom is 0.302 e. The van der Waals surface area contributed by atoms with E-state index < -0.39 is 36.0 Å². The van der Waals surface area contributed by atoms with Crippen LogP contribution in [0.25, 0.3) is 0 Å². The predicted octanol–water partition coefficient (Wildman–Crippen LogP) is 3.13. The molecule has 6 nitrogen and oxygen atoms in total. The lowest BCUT2D eigenvalue weighted by Crippen LogP contribution is -2.48. The number of fused-ring (bicyclic) bond motifs is 1. The number of carbonyl (C=O) groups is 1. The lowest BCUT2D eigenvalue weighted by molar-refractivity contribution is -0.140. The highest BCUT2D eigenvalue weighted by atomic mass is 16.6. The molecule has 0 spiro atoms. The summed E-state index contributed by atoms with van der Waals surface area (Å²) in [6.07, 6.45) is 7.47. The number of hydrogen-bond acceptors (Lipinski definition) is 6. The van der Waals surface area contributed by atoms with E-state index in [1.807, 2.05) is 6.92 Å². The number of ether oxygens (including phenoxy) is 2. The average Bonchev–Trinajstić information content (AvgIpc) is 3.41. The maximum absolute atomic E-state index is 11.0. The van der Waals surface area contributed by atoms with Crippen molar-refractivity contribution in [1.82, 2.24) is 0 Å². The summed E-state index contributed by atoms with van der Waals surface area (Å²) in [5.41, 5.74) is 2.82. The molecule has 1 saturated heterocycles. The van der Waals surface area contributed by atoms with Crippen LogP contribution in [0.3, 0.4) is 0 Å². The summed E-state index contributed by atoms with van der Waals surface area (Å²) in [4.78, 5) is 11.0. The van der Waals surface area contributed by atoms with E-state index in [4.69, 9.17) is 9.47 Å². The number of hydrogen-bond donors (Lipinski definition) is 3. The van der Waals surface area contributed by atoms with Gasteiger partial charge in [0.1, 0.15) is 31.0 Å². The third-order valence-electron chi connectivity index (χ3n) is 5.69. The maximum atomic E-state index is 11.0. The van der Waals surface area contributed by atoms with E-state index in [0.717, 1.165) is 31.3 Å². The van der Waals surface area contributed by atoms with Crippen molar-refractivity contribution in [3.8, 4) is 0 Å². The van der Waals surface area contributed by atoms with E-state index in [-0.39, 0.29) is 6.61 Å². The van der Waals surface area contributed by atoms with E-state index in [9.17, 15) is 20.1 Å². The number of esters is 1. The lowest BCUT2D eigenvalue weighted by Gasteiger charge is -2.28. The smallest absolute Gasteiger partial charge is 0.302 e. The molecule has 0 unspecified atom stereocenters. The second-order valence-corrected chi connectivity index (χ2v) is 8.67. The van der Waals surface area contributed by atoms with Gasteiger partial charge in [-0.2, -0.15) is 0 Å². The Hall–Kier alpha value is -1.73. The summed E-state index contributed by atoms with van der Waals surface area (Å²) in [6, 6.07) is 0. The van der Waals surface area contributed by atoms with Crippen molar-refractivity contribution in [2.75, 3.05) is 6.61 Å². The Balaban J connectivity index is 1.92. The molecule has 5 atom stereocenters. The van der Waals surface area contributed by atoms with E-state index in [1.54, 1.807) is 6.08 Å². The molecule has 0 aromatic carbocycles. The van der Waals surface area contributed by atoms with Gasteiger partial charge < -0.3 is 24.8 Å².